The van der Waals surface area contributed by atoms with Gasteiger partial charge in [-0.25, -0.2) is 9.50 Å². The lowest BCUT2D eigenvalue weighted by Gasteiger charge is -2.08. The molecule has 0 aliphatic heterocycles. The summed E-state index contributed by atoms with van der Waals surface area (Å²) in [5.74, 6) is 1.79. The SMILES string of the molecule is COc1ccc(CNc2ccc3ncc(-c4cccc(O)c4)n3n2)cc1. The van der Waals surface area contributed by atoms with Crippen molar-refractivity contribution in [2.45, 2.75) is 6.54 Å². The Morgan fingerprint density at radius 2 is 1.92 bits per heavy atom. The van der Waals surface area contributed by atoms with Crippen molar-refractivity contribution < 1.29 is 9.84 Å². The molecule has 2 aromatic heterocycles. The van der Waals surface area contributed by atoms with Gasteiger partial charge >= 0.3 is 0 Å². The van der Waals surface area contributed by atoms with Crippen LogP contribution >= 0.6 is 0 Å². The molecule has 0 saturated carbocycles. The molecule has 0 aliphatic carbocycles. The fourth-order valence-corrected chi connectivity index (χ4v) is 2.77. The number of ether oxygens (including phenoxy) is 1. The fraction of sp³-hybridized carbons (Fsp3) is 0.100. The Balaban J connectivity index is 1.59. The van der Waals surface area contributed by atoms with Crippen LogP contribution in [0, 0.1) is 0 Å². The smallest absolute Gasteiger partial charge is 0.154 e. The highest BCUT2D eigenvalue weighted by Crippen LogP contribution is 2.24. The van der Waals surface area contributed by atoms with Gasteiger partial charge in [0.1, 0.15) is 17.3 Å². The molecular formula is C20H18N4O2. The number of anilines is 1. The second-order valence-electron chi connectivity index (χ2n) is 5.88. The maximum absolute atomic E-state index is 9.71. The van der Waals surface area contributed by atoms with Crippen molar-refractivity contribution in [3.8, 4) is 22.8 Å². The van der Waals surface area contributed by atoms with Gasteiger partial charge in [0.25, 0.3) is 0 Å². The second-order valence-corrected chi connectivity index (χ2v) is 5.88. The lowest BCUT2D eigenvalue weighted by molar-refractivity contribution is 0.414. The lowest BCUT2D eigenvalue weighted by atomic mass is 10.1. The molecule has 0 radical (unpaired) electrons. The summed E-state index contributed by atoms with van der Waals surface area (Å²) < 4.78 is 6.94. The summed E-state index contributed by atoms with van der Waals surface area (Å²) in [5.41, 5.74) is 3.56. The van der Waals surface area contributed by atoms with Gasteiger partial charge in [-0.2, -0.15) is 0 Å². The number of rotatable bonds is 5. The number of aromatic hydroxyl groups is 1. The van der Waals surface area contributed by atoms with Crippen LogP contribution in [0.25, 0.3) is 16.9 Å². The van der Waals surface area contributed by atoms with Crippen molar-refractivity contribution in [2.75, 3.05) is 12.4 Å². The average molecular weight is 346 g/mol. The minimum absolute atomic E-state index is 0.214. The first-order valence-corrected chi connectivity index (χ1v) is 8.24. The molecule has 0 atom stereocenters. The van der Waals surface area contributed by atoms with Crippen LogP contribution < -0.4 is 10.1 Å². The average Bonchev–Trinajstić information content (AvgIpc) is 3.10. The second kappa shape index (κ2) is 6.76. The highest BCUT2D eigenvalue weighted by Gasteiger charge is 2.08. The zero-order valence-electron chi connectivity index (χ0n) is 14.3. The molecule has 2 heterocycles. The third-order valence-electron chi connectivity index (χ3n) is 4.14. The predicted octanol–water partition coefficient (Wildman–Crippen LogP) is 3.72. The molecule has 0 fully saturated rings. The van der Waals surface area contributed by atoms with Gasteiger partial charge in [-0.3, -0.25) is 0 Å². The number of benzene rings is 2. The molecule has 130 valence electrons. The molecule has 0 bridgehead atoms. The van der Waals surface area contributed by atoms with Gasteiger partial charge < -0.3 is 15.2 Å². The number of hydrogen-bond donors (Lipinski definition) is 2. The summed E-state index contributed by atoms with van der Waals surface area (Å²) in [6, 6.07) is 18.8. The van der Waals surface area contributed by atoms with E-state index in [-0.39, 0.29) is 5.75 Å². The van der Waals surface area contributed by atoms with Gasteiger partial charge in [0.15, 0.2) is 5.65 Å². The van der Waals surface area contributed by atoms with Crippen LogP contribution in [0.4, 0.5) is 5.82 Å². The fourth-order valence-electron chi connectivity index (χ4n) is 2.77. The van der Waals surface area contributed by atoms with Crippen LogP contribution in [0.15, 0.2) is 66.9 Å². The molecular weight excluding hydrogens is 328 g/mol. The van der Waals surface area contributed by atoms with E-state index in [2.05, 4.69) is 15.4 Å². The molecule has 4 rings (SSSR count). The van der Waals surface area contributed by atoms with Crippen molar-refractivity contribution in [2.24, 2.45) is 0 Å². The summed E-state index contributed by atoms with van der Waals surface area (Å²) >= 11 is 0. The van der Waals surface area contributed by atoms with Crippen LogP contribution in [0.5, 0.6) is 11.5 Å². The van der Waals surface area contributed by atoms with Gasteiger partial charge in [0, 0.05) is 12.1 Å². The van der Waals surface area contributed by atoms with Crippen molar-refractivity contribution in [1.29, 1.82) is 0 Å². The number of fused-ring (bicyclic) bond motifs is 1. The molecule has 0 amide bonds. The van der Waals surface area contributed by atoms with Crippen molar-refractivity contribution in [3.05, 3.63) is 72.4 Å². The first-order chi connectivity index (χ1) is 12.7. The van der Waals surface area contributed by atoms with E-state index < -0.39 is 0 Å². The number of hydrogen-bond acceptors (Lipinski definition) is 5. The van der Waals surface area contributed by atoms with E-state index in [0.717, 1.165) is 34.0 Å². The Hall–Kier alpha value is -3.54. The Morgan fingerprint density at radius 3 is 2.69 bits per heavy atom. The largest absolute Gasteiger partial charge is 0.508 e. The van der Waals surface area contributed by atoms with E-state index in [1.54, 1.807) is 36.0 Å². The number of nitrogens with zero attached hydrogens (tertiary/aromatic N) is 3. The lowest BCUT2D eigenvalue weighted by Crippen LogP contribution is -2.04. The van der Waals surface area contributed by atoms with Gasteiger partial charge in [-0.05, 0) is 42.0 Å². The third kappa shape index (κ3) is 3.17. The number of aromatic nitrogens is 3. The molecule has 2 N–H and O–H groups in total. The zero-order chi connectivity index (χ0) is 17.9. The van der Waals surface area contributed by atoms with E-state index in [0.29, 0.717) is 6.54 Å². The Morgan fingerprint density at radius 1 is 1.08 bits per heavy atom. The molecule has 6 heteroatoms. The van der Waals surface area contributed by atoms with Gasteiger partial charge in [-0.15, -0.1) is 5.10 Å². The van der Waals surface area contributed by atoms with Crippen LogP contribution in [0.1, 0.15) is 5.56 Å². The van der Waals surface area contributed by atoms with Gasteiger partial charge in [0.05, 0.1) is 19.0 Å². The summed E-state index contributed by atoms with van der Waals surface area (Å²) in [7, 11) is 1.65. The number of methoxy groups -OCH3 is 1. The number of phenols is 1. The standard InChI is InChI=1S/C20H18N4O2/c1-26-17-7-5-14(6-8-17)12-21-19-9-10-20-22-13-18(24(20)23-19)15-3-2-4-16(25)11-15/h2-11,13,25H,12H2,1H3,(H,21,23). The molecule has 0 aliphatic rings. The summed E-state index contributed by atoms with van der Waals surface area (Å²) in [4.78, 5) is 4.38. The summed E-state index contributed by atoms with van der Waals surface area (Å²) in [5, 5.41) is 17.7. The van der Waals surface area contributed by atoms with Crippen molar-refractivity contribution >= 4 is 11.5 Å². The molecule has 26 heavy (non-hydrogen) atoms. The maximum Gasteiger partial charge on any atom is 0.154 e. The summed E-state index contributed by atoms with van der Waals surface area (Å²) in [6.07, 6.45) is 1.75. The highest BCUT2D eigenvalue weighted by atomic mass is 16.5. The molecule has 0 saturated heterocycles. The van der Waals surface area contributed by atoms with Gasteiger partial charge in [0.2, 0.25) is 0 Å². The van der Waals surface area contributed by atoms with E-state index in [1.807, 2.05) is 42.5 Å². The van der Waals surface area contributed by atoms with Crippen LogP contribution in [-0.4, -0.2) is 26.8 Å². The summed E-state index contributed by atoms with van der Waals surface area (Å²) in [6.45, 7) is 0.651. The van der Waals surface area contributed by atoms with E-state index in [9.17, 15) is 5.11 Å². The van der Waals surface area contributed by atoms with E-state index in [1.165, 1.54) is 0 Å². The first-order valence-electron chi connectivity index (χ1n) is 8.24. The van der Waals surface area contributed by atoms with Gasteiger partial charge in [-0.1, -0.05) is 24.3 Å². The Labute approximate surface area is 150 Å². The quantitative estimate of drug-likeness (QED) is 0.576. The highest BCUT2D eigenvalue weighted by molar-refractivity contribution is 5.65. The number of nitrogens with one attached hydrogen (secondary N) is 1. The molecule has 4 aromatic rings. The Bertz CT molecular complexity index is 1040. The minimum atomic E-state index is 0.214. The van der Waals surface area contributed by atoms with Crippen molar-refractivity contribution in [3.63, 3.8) is 0 Å². The molecule has 0 spiro atoms. The monoisotopic (exact) mass is 346 g/mol. The van der Waals surface area contributed by atoms with Crippen LogP contribution in [-0.2, 0) is 6.54 Å². The minimum Gasteiger partial charge on any atom is -0.508 e. The molecule has 2 aromatic carbocycles. The van der Waals surface area contributed by atoms with Crippen LogP contribution in [0.2, 0.25) is 0 Å². The number of phenolic OH excluding ortho intramolecular Hbond substituents is 1. The maximum atomic E-state index is 9.71. The zero-order valence-corrected chi connectivity index (χ0v) is 14.3. The normalized spacial score (nSPS) is 10.8. The van der Waals surface area contributed by atoms with E-state index >= 15 is 0 Å². The van der Waals surface area contributed by atoms with Crippen molar-refractivity contribution in [1.82, 2.24) is 14.6 Å². The number of imidazole rings is 1. The topological polar surface area (TPSA) is 71.7 Å². The molecule has 6 nitrogen and oxygen atoms in total. The third-order valence-corrected chi connectivity index (χ3v) is 4.14. The first kappa shape index (κ1) is 16.0. The van der Waals surface area contributed by atoms with Crippen LogP contribution in [0.3, 0.4) is 0 Å². The molecule has 0 unspecified atom stereocenters. The predicted molar refractivity (Wildman–Crippen MR) is 100 cm³/mol. The van der Waals surface area contributed by atoms with E-state index in [4.69, 9.17) is 4.74 Å². The Kier molecular flexibility index (Phi) is 4.15.